The fourth-order valence-electron chi connectivity index (χ4n) is 4.26. The number of carbonyl (C=O) groups is 2. The van der Waals surface area contributed by atoms with Gasteiger partial charge in [-0.3, -0.25) is 14.5 Å². The van der Waals surface area contributed by atoms with E-state index in [4.69, 9.17) is 5.10 Å². The van der Waals surface area contributed by atoms with Crippen LogP contribution in [0.1, 0.15) is 37.8 Å². The van der Waals surface area contributed by atoms with E-state index in [1.807, 2.05) is 21.7 Å². The first-order valence-corrected chi connectivity index (χ1v) is 10.2. The van der Waals surface area contributed by atoms with Crippen molar-refractivity contribution in [2.45, 2.75) is 38.6 Å². The molecule has 4 heterocycles. The molecule has 1 N–H and O–H groups in total. The Kier molecular flexibility index (Phi) is 5.57. The Balaban J connectivity index is 1.41. The molecule has 0 radical (unpaired) electrons. The summed E-state index contributed by atoms with van der Waals surface area (Å²) < 4.78 is 1.89. The van der Waals surface area contributed by atoms with E-state index in [1.54, 1.807) is 13.1 Å². The molecule has 28 heavy (non-hydrogen) atoms. The van der Waals surface area contributed by atoms with Crippen molar-refractivity contribution in [2.75, 3.05) is 39.3 Å². The van der Waals surface area contributed by atoms with Crippen LogP contribution in [-0.2, 0) is 16.1 Å². The maximum atomic E-state index is 12.1. The van der Waals surface area contributed by atoms with Crippen LogP contribution in [0.5, 0.6) is 0 Å². The quantitative estimate of drug-likeness (QED) is 0.803. The number of amides is 2. The van der Waals surface area contributed by atoms with Gasteiger partial charge in [-0.25, -0.2) is 9.67 Å². The van der Waals surface area contributed by atoms with Crippen LogP contribution in [-0.4, -0.2) is 75.6 Å². The van der Waals surface area contributed by atoms with E-state index in [-0.39, 0.29) is 17.7 Å². The maximum Gasteiger partial charge on any atom is 0.234 e. The van der Waals surface area contributed by atoms with E-state index in [0.29, 0.717) is 26.2 Å². The Bertz CT molecular complexity index is 857. The largest absolute Gasteiger partial charge is 0.353 e. The number of pyridine rings is 1. The van der Waals surface area contributed by atoms with Gasteiger partial charge >= 0.3 is 0 Å². The smallest absolute Gasteiger partial charge is 0.234 e. The van der Waals surface area contributed by atoms with Crippen LogP contribution in [0.15, 0.2) is 18.3 Å². The van der Waals surface area contributed by atoms with Gasteiger partial charge in [0.15, 0.2) is 5.65 Å². The Labute approximate surface area is 164 Å². The highest BCUT2D eigenvalue weighted by Gasteiger charge is 2.29. The monoisotopic (exact) mass is 384 g/mol. The fourth-order valence-corrected chi connectivity index (χ4v) is 4.26. The molecule has 8 nitrogen and oxygen atoms in total. The van der Waals surface area contributed by atoms with Crippen molar-refractivity contribution >= 4 is 22.8 Å². The van der Waals surface area contributed by atoms with Crippen molar-refractivity contribution in [1.29, 1.82) is 0 Å². The van der Waals surface area contributed by atoms with E-state index in [2.05, 4.69) is 15.2 Å². The second-order valence-corrected chi connectivity index (χ2v) is 7.77. The standard InChI is InChI=1S/C20H28N6O2/c1-15(27)25-11-6-16(13-25)19-17-5-4-7-22-20(17)26(23-19)12-8-21-18(28)14-24-9-2-3-10-24/h4-5,7,16H,2-3,6,8-14H2,1H3,(H,21,28)/t16-/m1/s1. The zero-order valence-corrected chi connectivity index (χ0v) is 16.4. The first-order valence-electron chi connectivity index (χ1n) is 10.2. The number of fused-ring (bicyclic) bond motifs is 1. The van der Waals surface area contributed by atoms with E-state index in [9.17, 15) is 9.59 Å². The van der Waals surface area contributed by atoms with Gasteiger partial charge in [-0.2, -0.15) is 5.10 Å². The normalized spacial score (nSPS) is 20.2. The lowest BCUT2D eigenvalue weighted by atomic mass is 10.0. The minimum Gasteiger partial charge on any atom is -0.353 e. The first kappa shape index (κ1) is 18.9. The average molecular weight is 384 g/mol. The average Bonchev–Trinajstić information content (AvgIpc) is 3.41. The van der Waals surface area contributed by atoms with Gasteiger partial charge in [0.25, 0.3) is 0 Å². The Hall–Kier alpha value is -2.48. The number of rotatable bonds is 6. The Morgan fingerprint density at radius 1 is 1.25 bits per heavy atom. The molecule has 2 aromatic rings. The number of hydrogen-bond donors (Lipinski definition) is 1. The predicted molar refractivity (Wildman–Crippen MR) is 106 cm³/mol. The molecule has 0 spiro atoms. The molecule has 2 aromatic heterocycles. The molecule has 2 fully saturated rings. The molecule has 2 aliphatic rings. The number of hydrogen-bond acceptors (Lipinski definition) is 5. The SMILES string of the molecule is CC(=O)N1CC[C@@H](c2nn(CCNC(=O)CN3CCCC3)c3ncccc23)C1. The molecule has 0 unspecified atom stereocenters. The van der Waals surface area contributed by atoms with Crippen LogP contribution in [0, 0.1) is 0 Å². The lowest BCUT2D eigenvalue weighted by Crippen LogP contribution is -2.37. The number of carbonyl (C=O) groups excluding carboxylic acids is 2. The van der Waals surface area contributed by atoms with Gasteiger partial charge < -0.3 is 10.2 Å². The Morgan fingerprint density at radius 3 is 2.82 bits per heavy atom. The topological polar surface area (TPSA) is 83.4 Å². The van der Waals surface area contributed by atoms with Crippen LogP contribution in [0.25, 0.3) is 11.0 Å². The van der Waals surface area contributed by atoms with E-state index in [1.165, 1.54) is 12.8 Å². The van der Waals surface area contributed by atoms with E-state index in [0.717, 1.165) is 42.8 Å². The molecule has 2 saturated heterocycles. The predicted octanol–water partition coefficient (Wildman–Crippen LogP) is 0.979. The van der Waals surface area contributed by atoms with Crippen molar-refractivity contribution in [1.82, 2.24) is 29.9 Å². The number of aromatic nitrogens is 3. The van der Waals surface area contributed by atoms with Gasteiger partial charge in [-0.1, -0.05) is 0 Å². The summed E-state index contributed by atoms with van der Waals surface area (Å²) in [5.41, 5.74) is 1.85. The highest BCUT2D eigenvalue weighted by atomic mass is 16.2. The molecule has 2 aliphatic heterocycles. The minimum atomic E-state index is 0.0689. The van der Waals surface area contributed by atoms with Crippen molar-refractivity contribution in [3.63, 3.8) is 0 Å². The van der Waals surface area contributed by atoms with Gasteiger partial charge in [-0.05, 0) is 44.5 Å². The summed E-state index contributed by atoms with van der Waals surface area (Å²) in [7, 11) is 0. The molecule has 2 amide bonds. The third-order valence-corrected chi connectivity index (χ3v) is 5.77. The summed E-state index contributed by atoms with van der Waals surface area (Å²) in [6, 6.07) is 3.97. The Morgan fingerprint density at radius 2 is 2.07 bits per heavy atom. The van der Waals surface area contributed by atoms with Gasteiger partial charge in [0.2, 0.25) is 11.8 Å². The summed E-state index contributed by atoms with van der Waals surface area (Å²) in [6.07, 6.45) is 5.06. The second kappa shape index (κ2) is 8.26. The third kappa shape index (κ3) is 4.01. The van der Waals surface area contributed by atoms with Crippen LogP contribution < -0.4 is 5.32 Å². The highest BCUT2D eigenvalue weighted by Crippen LogP contribution is 2.31. The van der Waals surface area contributed by atoms with Gasteiger partial charge in [0.05, 0.1) is 18.8 Å². The number of nitrogens with one attached hydrogen (secondary N) is 1. The van der Waals surface area contributed by atoms with Gasteiger partial charge in [0, 0.05) is 44.1 Å². The summed E-state index contributed by atoms with van der Waals surface area (Å²) in [6.45, 7) is 6.74. The summed E-state index contributed by atoms with van der Waals surface area (Å²) in [5.74, 6) is 0.422. The molecule has 4 rings (SSSR count). The lowest BCUT2D eigenvalue weighted by Gasteiger charge is -2.14. The maximum absolute atomic E-state index is 12.1. The van der Waals surface area contributed by atoms with Gasteiger partial charge in [0.1, 0.15) is 0 Å². The molecule has 150 valence electrons. The molecule has 0 bridgehead atoms. The first-order chi connectivity index (χ1) is 13.6. The molecule has 8 heteroatoms. The molecule has 1 atom stereocenters. The minimum absolute atomic E-state index is 0.0689. The van der Waals surface area contributed by atoms with Crippen LogP contribution in [0.4, 0.5) is 0 Å². The summed E-state index contributed by atoms with van der Waals surface area (Å²) in [5, 5.41) is 8.86. The van der Waals surface area contributed by atoms with Crippen molar-refractivity contribution in [2.24, 2.45) is 0 Å². The highest BCUT2D eigenvalue weighted by molar-refractivity contribution is 5.80. The summed E-state index contributed by atoms with van der Waals surface area (Å²) >= 11 is 0. The van der Waals surface area contributed by atoms with Crippen LogP contribution in [0.3, 0.4) is 0 Å². The zero-order valence-electron chi connectivity index (χ0n) is 16.4. The second-order valence-electron chi connectivity index (χ2n) is 7.77. The molecular weight excluding hydrogens is 356 g/mol. The number of nitrogens with zero attached hydrogens (tertiary/aromatic N) is 5. The van der Waals surface area contributed by atoms with Gasteiger partial charge in [-0.15, -0.1) is 0 Å². The van der Waals surface area contributed by atoms with Crippen molar-refractivity contribution < 1.29 is 9.59 Å². The zero-order chi connectivity index (χ0) is 19.5. The molecule has 0 aliphatic carbocycles. The fraction of sp³-hybridized carbons (Fsp3) is 0.600. The molecule has 0 saturated carbocycles. The molecule has 0 aromatic carbocycles. The van der Waals surface area contributed by atoms with Crippen LogP contribution in [0.2, 0.25) is 0 Å². The molecular formula is C20H28N6O2. The lowest BCUT2D eigenvalue weighted by molar-refractivity contribution is -0.127. The van der Waals surface area contributed by atoms with Crippen LogP contribution >= 0.6 is 0 Å². The van der Waals surface area contributed by atoms with E-state index < -0.39 is 0 Å². The van der Waals surface area contributed by atoms with E-state index >= 15 is 0 Å². The number of likely N-dealkylation sites (tertiary alicyclic amines) is 2. The third-order valence-electron chi connectivity index (χ3n) is 5.77. The van der Waals surface area contributed by atoms with Crippen molar-refractivity contribution in [3.05, 3.63) is 24.0 Å². The van der Waals surface area contributed by atoms with Crippen molar-refractivity contribution in [3.8, 4) is 0 Å². The summed E-state index contributed by atoms with van der Waals surface area (Å²) in [4.78, 5) is 32.4.